The highest BCUT2D eigenvalue weighted by atomic mass is 35.5. The number of hydrogen-bond acceptors (Lipinski definition) is 4. The van der Waals surface area contributed by atoms with Gasteiger partial charge in [0.15, 0.2) is 0 Å². The average Bonchev–Trinajstić information content (AvgIpc) is 2.26. The molecule has 0 aromatic rings. The number of halogens is 2. The molecule has 0 aromatic heterocycles. The summed E-state index contributed by atoms with van der Waals surface area (Å²) in [6, 6.07) is 0. The third kappa shape index (κ3) is 11.5. The zero-order chi connectivity index (χ0) is 11.5. The minimum atomic E-state index is -0.387. The zero-order valence-electron chi connectivity index (χ0n) is 8.57. The van der Waals surface area contributed by atoms with Crippen LogP contribution in [0.3, 0.4) is 0 Å². The highest BCUT2D eigenvalue weighted by molar-refractivity contribution is 8.00. The highest BCUT2D eigenvalue weighted by Crippen LogP contribution is 2.11. The van der Waals surface area contributed by atoms with Gasteiger partial charge in [-0.1, -0.05) is 0 Å². The number of alkyl halides is 2. The van der Waals surface area contributed by atoms with Crippen LogP contribution >= 0.6 is 46.7 Å². The molecule has 15 heavy (non-hydrogen) atoms. The fourth-order valence-electron chi connectivity index (χ4n) is 0.791. The fourth-order valence-corrected chi connectivity index (χ4v) is 3.26. The van der Waals surface area contributed by atoms with Gasteiger partial charge in [-0.3, -0.25) is 0 Å². The molecule has 6 heteroatoms. The first-order valence-corrected chi connectivity index (χ1v) is 8.22. The van der Waals surface area contributed by atoms with Gasteiger partial charge in [-0.05, 0) is 17.9 Å². The summed E-state index contributed by atoms with van der Waals surface area (Å²) in [6.45, 7) is 0. The summed E-state index contributed by atoms with van der Waals surface area (Å²) in [5.74, 6) is 4.08. The second-order valence-electron chi connectivity index (χ2n) is 3.12. The normalized spacial score (nSPS) is 15.2. The Morgan fingerprint density at radius 2 is 1.27 bits per heavy atom. The van der Waals surface area contributed by atoms with Crippen molar-refractivity contribution < 1.29 is 10.2 Å². The lowest BCUT2D eigenvalue weighted by molar-refractivity contribution is 0.223. The van der Waals surface area contributed by atoms with E-state index in [1.807, 2.05) is 0 Å². The molecule has 0 rings (SSSR count). The Hall–Kier alpha value is 1.20. The number of hydrogen-bond donors (Lipinski definition) is 2. The molecule has 0 amide bonds. The number of thioether (sulfide) groups is 2. The van der Waals surface area contributed by atoms with Crippen molar-refractivity contribution in [1.82, 2.24) is 0 Å². The predicted octanol–water partition coefficient (Wildman–Crippen LogP) is 2.04. The molecule has 0 aliphatic heterocycles. The third-order valence-corrected chi connectivity index (χ3v) is 4.66. The van der Waals surface area contributed by atoms with Crippen LogP contribution in [0.5, 0.6) is 0 Å². The summed E-state index contributed by atoms with van der Waals surface area (Å²) in [7, 11) is 0. The Labute approximate surface area is 110 Å². The third-order valence-electron chi connectivity index (χ3n) is 1.55. The molecule has 0 radical (unpaired) electrons. The molecule has 0 heterocycles. The monoisotopic (exact) mass is 292 g/mol. The Morgan fingerprint density at radius 3 is 1.60 bits per heavy atom. The van der Waals surface area contributed by atoms with Crippen molar-refractivity contribution in [3.8, 4) is 0 Å². The van der Waals surface area contributed by atoms with Crippen LogP contribution in [0.25, 0.3) is 0 Å². The zero-order valence-corrected chi connectivity index (χ0v) is 11.7. The molecule has 2 atom stereocenters. The molecule has 0 saturated carbocycles. The molecule has 2 nitrogen and oxygen atoms in total. The molecule has 0 aliphatic rings. The van der Waals surface area contributed by atoms with Crippen molar-refractivity contribution >= 4 is 46.7 Å². The summed E-state index contributed by atoms with van der Waals surface area (Å²) >= 11 is 14.3. The van der Waals surface area contributed by atoms with Crippen LogP contribution in [-0.2, 0) is 0 Å². The Balaban J connectivity index is 3.05. The topological polar surface area (TPSA) is 40.5 Å². The van der Waals surface area contributed by atoms with Crippen molar-refractivity contribution in [3.05, 3.63) is 0 Å². The fraction of sp³-hybridized carbons (Fsp3) is 1.00. The van der Waals surface area contributed by atoms with Crippen molar-refractivity contribution in [3.63, 3.8) is 0 Å². The maximum atomic E-state index is 9.16. The van der Waals surface area contributed by atoms with Gasteiger partial charge in [-0.25, -0.2) is 0 Å². The summed E-state index contributed by atoms with van der Waals surface area (Å²) in [5, 5.41) is 18.3. The van der Waals surface area contributed by atoms with Gasteiger partial charge in [0.1, 0.15) is 0 Å². The minimum absolute atomic E-state index is 0.309. The second kappa shape index (κ2) is 11.7. The Morgan fingerprint density at radius 1 is 0.867 bits per heavy atom. The maximum Gasteiger partial charge on any atom is 0.0765 e. The molecule has 0 saturated heterocycles. The van der Waals surface area contributed by atoms with Crippen molar-refractivity contribution in [2.24, 2.45) is 0 Å². The lowest BCUT2D eigenvalue weighted by atomic mass is 10.5. The van der Waals surface area contributed by atoms with E-state index in [-0.39, 0.29) is 12.2 Å². The first-order chi connectivity index (χ1) is 7.20. The van der Waals surface area contributed by atoms with E-state index in [9.17, 15) is 0 Å². The lowest BCUT2D eigenvalue weighted by Gasteiger charge is -2.07. The van der Waals surface area contributed by atoms with Gasteiger partial charge in [-0.15, -0.1) is 23.2 Å². The molecule has 2 unspecified atom stereocenters. The second-order valence-corrected chi connectivity index (χ2v) is 6.04. The Kier molecular flexibility index (Phi) is 12.6. The molecule has 0 aliphatic carbocycles. The van der Waals surface area contributed by atoms with Crippen molar-refractivity contribution in [2.45, 2.75) is 18.6 Å². The van der Waals surface area contributed by atoms with Gasteiger partial charge in [0, 0.05) is 23.3 Å². The van der Waals surface area contributed by atoms with Gasteiger partial charge in [0.25, 0.3) is 0 Å². The van der Waals surface area contributed by atoms with E-state index < -0.39 is 0 Å². The molecule has 0 aromatic carbocycles. The van der Waals surface area contributed by atoms with Gasteiger partial charge in [0.05, 0.1) is 12.2 Å². The maximum absolute atomic E-state index is 9.16. The minimum Gasteiger partial charge on any atom is -0.391 e. The quantitative estimate of drug-likeness (QED) is 0.478. The van der Waals surface area contributed by atoms with Gasteiger partial charge in [0.2, 0.25) is 0 Å². The lowest BCUT2D eigenvalue weighted by Crippen LogP contribution is -2.12. The molecule has 0 bridgehead atoms. The predicted molar refractivity (Wildman–Crippen MR) is 72.7 cm³/mol. The molecule has 0 fully saturated rings. The van der Waals surface area contributed by atoms with Crippen molar-refractivity contribution in [2.75, 3.05) is 34.8 Å². The van der Waals surface area contributed by atoms with Gasteiger partial charge < -0.3 is 10.2 Å². The first kappa shape index (κ1) is 16.2. The van der Waals surface area contributed by atoms with Gasteiger partial charge in [-0.2, -0.15) is 23.5 Å². The SMILES string of the molecule is OC(CCl)CSCCCSCC(O)CCl. The van der Waals surface area contributed by atoms with E-state index in [1.165, 1.54) is 0 Å². The number of aliphatic hydroxyl groups is 2. The average molecular weight is 293 g/mol. The van der Waals surface area contributed by atoms with E-state index in [4.69, 9.17) is 33.4 Å². The summed E-state index contributed by atoms with van der Waals surface area (Å²) in [4.78, 5) is 0. The van der Waals surface area contributed by atoms with Crippen molar-refractivity contribution in [1.29, 1.82) is 0 Å². The van der Waals surface area contributed by atoms with E-state index in [0.29, 0.717) is 23.3 Å². The van der Waals surface area contributed by atoms with Crippen LogP contribution in [0.15, 0.2) is 0 Å². The number of aliphatic hydroxyl groups excluding tert-OH is 2. The van der Waals surface area contributed by atoms with Gasteiger partial charge >= 0.3 is 0 Å². The number of rotatable bonds is 10. The largest absolute Gasteiger partial charge is 0.391 e. The molecule has 0 spiro atoms. The van der Waals surface area contributed by atoms with Crippen LogP contribution in [-0.4, -0.2) is 57.2 Å². The van der Waals surface area contributed by atoms with E-state index in [0.717, 1.165) is 17.9 Å². The van der Waals surface area contributed by atoms with E-state index in [1.54, 1.807) is 23.5 Å². The molecule has 92 valence electrons. The van der Waals surface area contributed by atoms with E-state index in [2.05, 4.69) is 0 Å². The van der Waals surface area contributed by atoms with Crippen LogP contribution in [0.4, 0.5) is 0 Å². The van der Waals surface area contributed by atoms with Crippen LogP contribution in [0.1, 0.15) is 6.42 Å². The summed E-state index contributed by atoms with van der Waals surface area (Å²) in [6.07, 6.45) is 0.309. The van der Waals surface area contributed by atoms with Crippen LogP contribution in [0, 0.1) is 0 Å². The first-order valence-electron chi connectivity index (χ1n) is 4.84. The highest BCUT2D eigenvalue weighted by Gasteiger charge is 2.02. The van der Waals surface area contributed by atoms with Crippen LogP contribution in [0.2, 0.25) is 0 Å². The smallest absolute Gasteiger partial charge is 0.0765 e. The summed E-state index contributed by atoms with van der Waals surface area (Å²) < 4.78 is 0. The van der Waals surface area contributed by atoms with Crippen LogP contribution < -0.4 is 0 Å². The Bertz CT molecular complexity index is 127. The summed E-state index contributed by atoms with van der Waals surface area (Å²) in [5.41, 5.74) is 0. The molecular weight excluding hydrogens is 275 g/mol. The molecular formula is C9H18Cl2O2S2. The van der Waals surface area contributed by atoms with E-state index >= 15 is 0 Å². The standard InChI is InChI=1S/C9H18Cl2O2S2/c10-4-8(12)6-14-2-1-3-15-7-9(13)5-11/h8-9,12-13H,1-7H2. The molecule has 2 N–H and O–H groups in total.